The van der Waals surface area contributed by atoms with Crippen LogP contribution in [-0.4, -0.2) is 61.7 Å². The molecular weight excluding hydrogens is 234 g/mol. The Balaban J connectivity index is 0.000000302. The van der Waals surface area contributed by atoms with Crippen LogP contribution in [0.5, 0.6) is 0 Å². The Labute approximate surface area is 96.5 Å². The van der Waals surface area contributed by atoms with Gasteiger partial charge in [-0.25, -0.2) is 4.98 Å². The average Bonchev–Trinajstić information content (AvgIpc) is 2.87. The zero-order valence-corrected chi connectivity index (χ0v) is 8.98. The van der Waals surface area contributed by atoms with Crippen molar-refractivity contribution in [1.29, 1.82) is 0 Å². The molecule has 0 bridgehead atoms. The van der Waals surface area contributed by atoms with Gasteiger partial charge in [-0.05, 0) is 4.92 Å². The molecule has 1 aromatic heterocycles. The minimum Gasteiger partial charge on any atom is -0.396 e. The van der Waals surface area contributed by atoms with Gasteiger partial charge in [0.1, 0.15) is 6.20 Å². The summed E-state index contributed by atoms with van der Waals surface area (Å²) in [6, 6.07) is 0. The summed E-state index contributed by atoms with van der Waals surface area (Å²) in [5, 5.41) is 43.8. The van der Waals surface area contributed by atoms with Crippen molar-refractivity contribution >= 4 is 5.95 Å². The molecule has 98 valence electrons. The number of aromatic amines is 1. The Morgan fingerprint density at radius 2 is 1.71 bits per heavy atom. The molecule has 1 rings (SSSR count). The number of imidazole rings is 1. The van der Waals surface area contributed by atoms with Crippen molar-refractivity contribution in [2.24, 2.45) is 5.41 Å². The van der Waals surface area contributed by atoms with Gasteiger partial charge in [0.25, 0.3) is 0 Å². The van der Waals surface area contributed by atoms with E-state index in [0.717, 1.165) is 0 Å². The van der Waals surface area contributed by atoms with Crippen molar-refractivity contribution in [2.75, 3.05) is 26.4 Å². The van der Waals surface area contributed by atoms with E-state index in [1.165, 1.54) is 12.4 Å². The lowest BCUT2D eigenvalue weighted by Crippen LogP contribution is -2.37. The molecule has 0 aliphatic heterocycles. The summed E-state index contributed by atoms with van der Waals surface area (Å²) in [5.74, 6) is -0.218. The molecular formula is C8H15N3O6. The number of H-pyrrole nitrogens is 1. The lowest BCUT2D eigenvalue weighted by Gasteiger charge is -2.23. The third-order valence-corrected chi connectivity index (χ3v) is 2.00. The van der Waals surface area contributed by atoms with E-state index in [2.05, 4.69) is 9.97 Å². The standard InChI is InChI=1S/C5H12O4.C3H3N3O2/c6-1-5(2-7,3-8)4-9;7-6(8)3-4-1-2-5-3/h6-9H,1-4H2;1-2H,(H,4,5). The summed E-state index contributed by atoms with van der Waals surface area (Å²) in [5.41, 5.74) is -1.11. The van der Waals surface area contributed by atoms with Crippen LogP contribution in [-0.2, 0) is 0 Å². The number of aliphatic hydroxyl groups is 4. The lowest BCUT2D eigenvalue weighted by atomic mass is 9.93. The Kier molecular flexibility index (Phi) is 6.98. The van der Waals surface area contributed by atoms with Crippen molar-refractivity contribution in [3.8, 4) is 0 Å². The first-order valence-electron chi connectivity index (χ1n) is 4.62. The molecule has 0 amide bonds. The number of hydrogen-bond donors (Lipinski definition) is 5. The van der Waals surface area contributed by atoms with Gasteiger partial charge in [0, 0.05) is 0 Å². The summed E-state index contributed by atoms with van der Waals surface area (Å²) < 4.78 is 0. The fourth-order valence-electron chi connectivity index (χ4n) is 0.657. The van der Waals surface area contributed by atoms with Crippen molar-refractivity contribution in [2.45, 2.75) is 0 Å². The minimum atomic E-state index is -1.11. The summed E-state index contributed by atoms with van der Waals surface area (Å²) >= 11 is 0. The van der Waals surface area contributed by atoms with E-state index in [-0.39, 0.29) is 5.95 Å². The Morgan fingerprint density at radius 3 is 1.82 bits per heavy atom. The largest absolute Gasteiger partial charge is 0.432 e. The number of nitrogens with one attached hydrogen (secondary N) is 1. The second-order valence-corrected chi connectivity index (χ2v) is 3.30. The third-order valence-electron chi connectivity index (χ3n) is 2.00. The number of hydrogen-bond acceptors (Lipinski definition) is 7. The Bertz CT molecular complexity index is 294. The average molecular weight is 249 g/mol. The molecule has 0 radical (unpaired) electrons. The summed E-state index contributed by atoms with van der Waals surface area (Å²) in [6.45, 7) is -1.62. The number of nitro groups is 1. The van der Waals surface area contributed by atoms with Crippen LogP contribution in [0.15, 0.2) is 12.4 Å². The van der Waals surface area contributed by atoms with Crippen LogP contribution in [0.2, 0.25) is 0 Å². The highest BCUT2D eigenvalue weighted by Crippen LogP contribution is 2.11. The molecule has 0 atom stereocenters. The van der Waals surface area contributed by atoms with Gasteiger partial charge in [0.05, 0.1) is 38.0 Å². The van der Waals surface area contributed by atoms with Crippen LogP contribution in [0.4, 0.5) is 5.95 Å². The normalized spacial score (nSPS) is 10.6. The highest BCUT2D eigenvalue weighted by molar-refractivity contribution is 5.00. The third kappa shape index (κ3) is 4.87. The quantitative estimate of drug-likeness (QED) is 0.306. The van der Waals surface area contributed by atoms with E-state index in [1.54, 1.807) is 0 Å². The summed E-state index contributed by atoms with van der Waals surface area (Å²) in [4.78, 5) is 14.9. The molecule has 0 aliphatic carbocycles. The molecule has 0 spiro atoms. The predicted octanol–water partition coefficient (Wildman–Crippen LogP) is -1.74. The fourth-order valence-corrected chi connectivity index (χ4v) is 0.657. The molecule has 9 heteroatoms. The van der Waals surface area contributed by atoms with Crippen LogP contribution in [0.3, 0.4) is 0 Å². The summed E-state index contributed by atoms with van der Waals surface area (Å²) in [7, 11) is 0. The Morgan fingerprint density at radius 1 is 1.24 bits per heavy atom. The maximum absolute atomic E-state index is 9.77. The molecule has 0 aliphatic rings. The SMILES string of the molecule is O=[N+]([O-])c1ncc[nH]1.OCC(CO)(CO)CO. The smallest absolute Gasteiger partial charge is 0.396 e. The van der Waals surface area contributed by atoms with Crippen molar-refractivity contribution in [3.63, 3.8) is 0 Å². The van der Waals surface area contributed by atoms with E-state index in [1.807, 2.05) is 0 Å². The molecule has 5 N–H and O–H groups in total. The Hall–Kier alpha value is -1.55. The molecule has 0 fully saturated rings. The molecule has 0 saturated heterocycles. The van der Waals surface area contributed by atoms with E-state index in [9.17, 15) is 10.1 Å². The van der Waals surface area contributed by atoms with Gasteiger partial charge in [-0.3, -0.25) is 0 Å². The first-order valence-corrected chi connectivity index (χ1v) is 4.62. The second kappa shape index (κ2) is 7.68. The van der Waals surface area contributed by atoms with E-state index >= 15 is 0 Å². The molecule has 17 heavy (non-hydrogen) atoms. The van der Waals surface area contributed by atoms with Crippen molar-refractivity contribution in [1.82, 2.24) is 9.97 Å². The molecule has 1 aromatic rings. The van der Waals surface area contributed by atoms with Crippen LogP contribution in [0, 0.1) is 15.5 Å². The van der Waals surface area contributed by atoms with E-state index in [4.69, 9.17) is 20.4 Å². The number of nitrogens with zero attached hydrogens (tertiary/aromatic N) is 2. The fraction of sp³-hybridized carbons (Fsp3) is 0.625. The maximum atomic E-state index is 9.77. The maximum Gasteiger partial charge on any atom is 0.432 e. The molecule has 0 aromatic carbocycles. The van der Waals surface area contributed by atoms with Gasteiger partial charge < -0.3 is 30.5 Å². The number of rotatable bonds is 5. The van der Waals surface area contributed by atoms with Gasteiger partial charge in [-0.1, -0.05) is 4.98 Å². The molecule has 1 heterocycles. The van der Waals surface area contributed by atoms with Crippen molar-refractivity contribution in [3.05, 3.63) is 22.5 Å². The van der Waals surface area contributed by atoms with E-state index in [0.29, 0.717) is 0 Å². The number of aromatic nitrogens is 2. The van der Waals surface area contributed by atoms with E-state index < -0.39 is 36.8 Å². The monoisotopic (exact) mass is 249 g/mol. The zero-order valence-electron chi connectivity index (χ0n) is 8.98. The minimum absolute atomic E-state index is 0.218. The molecule has 9 nitrogen and oxygen atoms in total. The summed E-state index contributed by atoms with van der Waals surface area (Å²) in [6.07, 6.45) is 2.73. The van der Waals surface area contributed by atoms with Crippen LogP contribution in [0.1, 0.15) is 0 Å². The number of aliphatic hydroxyl groups excluding tert-OH is 4. The van der Waals surface area contributed by atoms with Gasteiger partial charge in [-0.15, -0.1) is 0 Å². The topological polar surface area (TPSA) is 153 Å². The second-order valence-electron chi connectivity index (χ2n) is 3.30. The van der Waals surface area contributed by atoms with Gasteiger partial charge in [0.15, 0.2) is 0 Å². The highest BCUT2D eigenvalue weighted by Gasteiger charge is 2.26. The predicted molar refractivity (Wildman–Crippen MR) is 56.0 cm³/mol. The highest BCUT2D eigenvalue weighted by atomic mass is 16.6. The molecule has 0 unspecified atom stereocenters. The van der Waals surface area contributed by atoms with Crippen LogP contribution < -0.4 is 0 Å². The van der Waals surface area contributed by atoms with Crippen LogP contribution in [0.25, 0.3) is 0 Å². The van der Waals surface area contributed by atoms with Gasteiger partial charge in [0.2, 0.25) is 0 Å². The molecule has 0 saturated carbocycles. The van der Waals surface area contributed by atoms with Crippen LogP contribution >= 0.6 is 0 Å². The van der Waals surface area contributed by atoms with Crippen molar-refractivity contribution < 1.29 is 25.3 Å². The van der Waals surface area contributed by atoms with Gasteiger partial charge >= 0.3 is 5.95 Å². The first-order chi connectivity index (χ1) is 8.05. The zero-order chi connectivity index (χ0) is 13.3. The lowest BCUT2D eigenvalue weighted by molar-refractivity contribution is -0.393. The van der Waals surface area contributed by atoms with Gasteiger partial charge in [-0.2, -0.15) is 0 Å². The first kappa shape index (κ1) is 15.4.